The molecule has 0 bridgehead atoms. The summed E-state index contributed by atoms with van der Waals surface area (Å²) in [7, 11) is 0. The van der Waals surface area contributed by atoms with Gasteiger partial charge in [-0.2, -0.15) is 26.3 Å². The number of nitrogens with one attached hydrogen (secondary N) is 1. The first kappa shape index (κ1) is 23.7. The predicted molar refractivity (Wildman–Crippen MR) is 100 cm³/mol. The molecule has 0 fully saturated rings. The number of carbonyl (C=O) groups is 1. The lowest BCUT2D eigenvalue weighted by molar-refractivity contribution is -0.143. The van der Waals surface area contributed by atoms with Crippen molar-refractivity contribution in [3.8, 4) is 0 Å². The fraction of sp³-hybridized carbons (Fsp3) is 0.381. The number of alkyl halides is 6. The number of benzene rings is 2. The lowest BCUT2D eigenvalue weighted by Gasteiger charge is -2.18. The first-order valence-electron chi connectivity index (χ1n) is 9.24. The molecule has 9 heteroatoms. The molecule has 1 N–H and O–H groups in total. The van der Waals surface area contributed by atoms with Crippen LogP contribution in [0.5, 0.6) is 0 Å². The normalized spacial score (nSPS) is 13.2. The van der Waals surface area contributed by atoms with Crippen molar-refractivity contribution in [2.45, 2.75) is 45.1 Å². The minimum atomic E-state index is -5.00. The van der Waals surface area contributed by atoms with E-state index in [2.05, 4.69) is 5.32 Å². The van der Waals surface area contributed by atoms with E-state index in [4.69, 9.17) is 4.74 Å². The third kappa shape index (κ3) is 6.22. The van der Waals surface area contributed by atoms with Gasteiger partial charge in [0, 0.05) is 17.9 Å². The number of hydrogen-bond acceptors (Lipinski definition) is 2. The SMILES string of the molecule is CCCCO[C@H](C)c1ccccc1C(=O)Nc1cc(C(F)(F)F)cc(C(F)(F)F)c1. The molecule has 1 atom stereocenters. The van der Waals surface area contributed by atoms with E-state index in [9.17, 15) is 31.1 Å². The molecule has 0 saturated heterocycles. The highest BCUT2D eigenvalue weighted by molar-refractivity contribution is 6.05. The second-order valence-electron chi connectivity index (χ2n) is 6.70. The smallest absolute Gasteiger partial charge is 0.374 e. The van der Waals surface area contributed by atoms with Crippen molar-refractivity contribution >= 4 is 11.6 Å². The van der Waals surface area contributed by atoms with Crippen LogP contribution >= 0.6 is 0 Å². The van der Waals surface area contributed by atoms with Crippen molar-refractivity contribution in [1.29, 1.82) is 0 Å². The highest BCUT2D eigenvalue weighted by Gasteiger charge is 2.37. The average molecular weight is 433 g/mol. The summed E-state index contributed by atoms with van der Waals surface area (Å²) in [5, 5.41) is 2.15. The molecule has 3 nitrogen and oxygen atoms in total. The number of ether oxygens (including phenoxy) is 1. The Labute approximate surface area is 170 Å². The Morgan fingerprint density at radius 2 is 1.57 bits per heavy atom. The number of amides is 1. The molecule has 0 saturated carbocycles. The third-order valence-electron chi connectivity index (χ3n) is 4.35. The van der Waals surface area contributed by atoms with Crippen LogP contribution in [0.4, 0.5) is 32.0 Å². The van der Waals surface area contributed by atoms with E-state index in [0.29, 0.717) is 24.3 Å². The highest BCUT2D eigenvalue weighted by atomic mass is 19.4. The van der Waals surface area contributed by atoms with Crippen LogP contribution in [0.2, 0.25) is 0 Å². The van der Waals surface area contributed by atoms with Gasteiger partial charge in [0.05, 0.1) is 17.2 Å². The van der Waals surface area contributed by atoms with E-state index < -0.39 is 41.2 Å². The molecular weight excluding hydrogens is 412 g/mol. The molecule has 0 aliphatic rings. The minimum Gasteiger partial charge on any atom is -0.374 e. The van der Waals surface area contributed by atoms with Gasteiger partial charge in [-0.05, 0) is 43.2 Å². The van der Waals surface area contributed by atoms with Gasteiger partial charge in [-0.25, -0.2) is 0 Å². The maximum Gasteiger partial charge on any atom is 0.416 e. The molecule has 30 heavy (non-hydrogen) atoms. The number of halogens is 6. The zero-order valence-electron chi connectivity index (χ0n) is 16.3. The van der Waals surface area contributed by atoms with Crippen LogP contribution in [-0.4, -0.2) is 12.5 Å². The molecule has 0 unspecified atom stereocenters. The Balaban J connectivity index is 2.34. The summed E-state index contributed by atoms with van der Waals surface area (Å²) in [4.78, 5) is 12.7. The second-order valence-corrected chi connectivity index (χ2v) is 6.70. The Morgan fingerprint density at radius 3 is 2.10 bits per heavy atom. The number of carbonyl (C=O) groups excluding carboxylic acids is 1. The van der Waals surface area contributed by atoms with E-state index >= 15 is 0 Å². The van der Waals surface area contributed by atoms with E-state index in [1.807, 2.05) is 6.92 Å². The molecule has 0 radical (unpaired) electrons. The van der Waals surface area contributed by atoms with Crippen molar-refractivity contribution in [3.05, 3.63) is 64.7 Å². The molecule has 0 spiro atoms. The second kappa shape index (κ2) is 9.51. The quantitative estimate of drug-likeness (QED) is 0.383. The van der Waals surface area contributed by atoms with Gasteiger partial charge < -0.3 is 10.1 Å². The van der Waals surface area contributed by atoms with E-state index in [0.717, 1.165) is 12.8 Å². The standard InChI is InChI=1S/C21H21F6NO2/c1-3-4-9-30-13(2)17-7-5-6-8-18(17)19(29)28-16-11-14(20(22,23)24)10-15(12-16)21(25,26)27/h5-8,10-13H,3-4,9H2,1-2H3,(H,28,29)/t13-/m1/s1. The molecule has 2 aromatic rings. The van der Waals surface area contributed by atoms with Crippen LogP contribution in [0.3, 0.4) is 0 Å². The van der Waals surface area contributed by atoms with Crippen LogP contribution in [0.25, 0.3) is 0 Å². The van der Waals surface area contributed by atoms with Crippen LogP contribution in [0.15, 0.2) is 42.5 Å². The number of hydrogen-bond donors (Lipinski definition) is 1. The minimum absolute atomic E-state index is 0.00719. The molecule has 1 amide bonds. The van der Waals surface area contributed by atoms with Gasteiger partial charge in [0.2, 0.25) is 0 Å². The summed E-state index contributed by atoms with van der Waals surface area (Å²) in [5.74, 6) is -0.830. The van der Waals surface area contributed by atoms with E-state index in [1.54, 1.807) is 25.1 Å². The zero-order chi connectivity index (χ0) is 22.5. The summed E-state index contributed by atoms with van der Waals surface area (Å²) < 4.78 is 83.8. The maximum absolute atomic E-state index is 13.0. The summed E-state index contributed by atoms with van der Waals surface area (Å²) in [6.45, 7) is 4.16. The van der Waals surface area contributed by atoms with Gasteiger partial charge >= 0.3 is 12.4 Å². The van der Waals surface area contributed by atoms with Gasteiger partial charge in [-0.1, -0.05) is 31.5 Å². The van der Waals surface area contributed by atoms with Gasteiger partial charge in [0.15, 0.2) is 0 Å². The summed E-state index contributed by atoms with van der Waals surface area (Å²) in [5.41, 5.74) is -3.02. The van der Waals surface area contributed by atoms with Crippen LogP contribution in [0, 0.1) is 0 Å². The summed E-state index contributed by atoms with van der Waals surface area (Å²) >= 11 is 0. The Kier molecular flexibility index (Phi) is 7.52. The fourth-order valence-corrected chi connectivity index (χ4v) is 2.78. The average Bonchev–Trinajstić information content (AvgIpc) is 2.66. The van der Waals surface area contributed by atoms with Gasteiger partial charge in [-0.15, -0.1) is 0 Å². The lowest BCUT2D eigenvalue weighted by Crippen LogP contribution is -2.18. The van der Waals surface area contributed by atoms with Crippen molar-refractivity contribution in [2.24, 2.45) is 0 Å². The van der Waals surface area contributed by atoms with Crippen LogP contribution < -0.4 is 5.32 Å². The first-order chi connectivity index (χ1) is 13.9. The Bertz CT molecular complexity index is 844. The van der Waals surface area contributed by atoms with Crippen LogP contribution in [-0.2, 0) is 17.1 Å². The van der Waals surface area contributed by atoms with Crippen molar-refractivity contribution in [3.63, 3.8) is 0 Å². The predicted octanol–water partition coefficient (Wildman–Crippen LogP) is 6.85. The monoisotopic (exact) mass is 433 g/mol. The number of unbranched alkanes of at least 4 members (excludes halogenated alkanes) is 1. The molecular formula is C21H21F6NO2. The fourth-order valence-electron chi connectivity index (χ4n) is 2.78. The molecule has 0 aliphatic heterocycles. The van der Waals surface area contributed by atoms with Crippen molar-refractivity contribution < 1.29 is 35.9 Å². The third-order valence-corrected chi connectivity index (χ3v) is 4.35. The summed E-state index contributed by atoms with van der Waals surface area (Å²) in [6.07, 6.45) is -8.76. The Hall–Kier alpha value is -2.55. The maximum atomic E-state index is 13.0. The first-order valence-corrected chi connectivity index (χ1v) is 9.24. The van der Waals surface area contributed by atoms with Crippen LogP contribution in [0.1, 0.15) is 59.8 Å². The molecule has 0 aliphatic carbocycles. The largest absolute Gasteiger partial charge is 0.416 e. The van der Waals surface area contributed by atoms with Gasteiger partial charge in [0.25, 0.3) is 5.91 Å². The Morgan fingerprint density at radius 1 is 1.00 bits per heavy atom. The number of anilines is 1. The highest BCUT2D eigenvalue weighted by Crippen LogP contribution is 2.37. The van der Waals surface area contributed by atoms with Gasteiger partial charge in [0.1, 0.15) is 0 Å². The van der Waals surface area contributed by atoms with Gasteiger partial charge in [-0.3, -0.25) is 4.79 Å². The van der Waals surface area contributed by atoms with E-state index in [1.165, 1.54) is 6.07 Å². The molecule has 0 aromatic heterocycles. The molecule has 164 valence electrons. The van der Waals surface area contributed by atoms with Crippen molar-refractivity contribution in [1.82, 2.24) is 0 Å². The topological polar surface area (TPSA) is 38.3 Å². The molecule has 2 aromatic carbocycles. The molecule has 0 heterocycles. The van der Waals surface area contributed by atoms with E-state index in [-0.39, 0.29) is 11.6 Å². The molecule has 2 rings (SSSR count). The zero-order valence-corrected chi connectivity index (χ0v) is 16.3. The number of rotatable bonds is 7. The summed E-state index contributed by atoms with van der Waals surface area (Å²) in [6, 6.07) is 7.21. The lowest BCUT2D eigenvalue weighted by atomic mass is 10.0. The van der Waals surface area contributed by atoms with Crippen molar-refractivity contribution in [2.75, 3.05) is 11.9 Å².